The van der Waals surface area contributed by atoms with Gasteiger partial charge in [-0.1, -0.05) is 38.1 Å². The number of benzene rings is 1. The van der Waals surface area contributed by atoms with Crippen molar-refractivity contribution in [1.82, 2.24) is 15.0 Å². The number of para-hydroxylation sites is 1. The third kappa shape index (κ3) is 3.44. The number of Topliss-reactive ketones (excluding diaryl/α,β-unsaturated/α-hetero) is 1. The van der Waals surface area contributed by atoms with E-state index < -0.39 is 5.41 Å². The molecule has 3 atom stereocenters. The van der Waals surface area contributed by atoms with E-state index in [0.717, 1.165) is 53.4 Å². The first-order chi connectivity index (χ1) is 17.0. The van der Waals surface area contributed by atoms with Gasteiger partial charge in [0.15, 0.2) is 11.6 Å². The van der Waals surface area contributed by atoms with Crippen LogP contribution in [0.4, 0.5) is 0 Å². The highest BCUT2D eigenvalue weighted by Crippen LogP contribution is 2.51. The van der Waals surface area contributed by atoms with Gasteiger partial charge in [0.2, 0.25) is 5.88 Å². The van der Waals surface area contributed by atoms with Crippen molar-refractivity contribution in [3.8, 4) is 23.3 Å². The minimum atomic E-state index is -0.541. The summed E-state index contributed by atoms with van der Waals surface area (Å²) in [6.07, 6.45) is 9.85. The average molecular weight is 465 g/mol. The molecule has 3 aliphatic rings. The summed E-state index contributed by atoms with van der Waals surface area (Å²) >= 11 is 0. The fourth-order valence-electron chi connectivity index (χ4n) is 6.41. The third-order valence-corrected chi connectivity index (χ3v) is 8.27. The van der Waals surface area contributed by atoms with Crippen LogP contribution in [0.15, 0.2) is 48.2 Å². The summed E-state index contributed by atoms with van der Waals surface area (Å²) in [4.78, 5) is 27.5. The van der Waals surface area contributed by atoms with E-state index in [4.69, 9.17) is 14.7 Å². The van der Waals surface area contributed by atoms with Gasteiger partial charge in [0.25, 0.3) is 0 Å². The summed E-state index contributed by atoms with van der Waals surface area (Å²) in [5.41, 5.74) is 3.40. The predicted octanol–water partition coefficient (Wildman–Crippen LogP) is 5.50. The largest absolute Gasteiger partial charge is 0.474 e. The minimum absolute atomic E-state index is 0.0599. The van der Waals surface area contributed by atoms with Crippen molar-refractivity contribution in [3.05, 3.63) is 59.4 Å². The van der Waals surface area contributed by atoms with Crippen LogP contribution in [0, 0.1) is 23.2 Å². The van der Waals surface area contributed by atoms with E-state index in [2.05, 4.69) is 18.0 Å². The van der Waals surface area contributed by atoms with Gasteiger partial charge in [-0.3, -0.25) is 9.78 Å². The first-order valence-corrected chi connectivity index (χ1v) is 12.6. The Kier molecular flexibility index (Phi) is 5.17. The van der Waals surface area contributed by atoms with Crippen LogP contribution < -0.4 is 4.74 Å². The number of rotatable bonds is 3. The zero-order valence-electron chi connectivity index (χ0n) is 20.1. The number of hydrogen-bond acceptors (Lipinski definition) is 6. The van der Waals surface area contributed by atoms with Gasteiger partial charge in [-0.25, -0.2) is 4.98 Å². The molecule has 2 aromatic heterocycles. The summed E-state index contributed by atoms with van der Waals surface area (Å²) < 4.78 is 6.55. The number of carbonyl (C=O) groups excluding carboxylic acids is 1. The van der Waals surface area contributed by atoms with Crippen LogP contribution in [0.1, 0.15) is 57.2 Å². The maximum Gasteiger partial charge on any atom is 0.220 e. The van der Waals surface area contributed by atoms with Gasteiger partial charge in [0, 0.05) is 34.0 Å². The van der Waals surface area contributed by atoms with E-state index in [0.29, 0.717) is 11.7 Å². The van der Waals surface area contributed by atoms with Gasteiger partial charge in [-0.2, -0.15) is 10.2 Å². The number of hydrogen-bond donors (Lipinski definition) is 0. The van der Waals surface area contributed by atoms with Crippen molar-refractivity contribution < 1.29 is 9.53 Å². The fourth-order valence-corrected chi connectivity index (χ4v) is 6.41. The second-order valence-corrected chi connectivity index (χ2v) is 10.3. The van der Waals surface area contributed by atoms with Crippen molar-refractivity contribution in [2.45, 2.75) is 63.9 Å². The molecule has 2 heterocycles. The Hall–Kier alpha value is -3.59. The summed E-state index contributed by atoms with van der Waals surface area (Å²) in [7, 11) is 0. The van der Waals surface area contributed by atoms with Crippen molar-refractivity contribution in [2.75, 3.05) is 0 Å². The quantitative estimate of drug-likeness (QED) is 0.508. The van der Waals surface area contributed by atoms with Crippen LogP contribution in [0.2, 0.25) is 0 Å². The maximum absolute atomic E-state index is 12.8. The van der Waals surface area contributed by atoms with Crippen molar-refractivity contribution in [1.29, 1.82) is 5.26 Å². The lowest BCUT2D eigenvalue weighted by molar-refractivity contribution is -0.121. The summed E-state index contributed by atoms with van der Waals surface area (Å²) in [5.74, 6) is 1.06. The normalized spacial score (nSPS) is 26.1. The molecule has 1 fully saturated rings. The fraction of sp³-hybridized carbons (Fsp3) is 0.414. The molecule has 1 aromatic carbocycles. The Morgan fingerprint density at radius 3 is 2.71 bits per heavy atom. The van der Waals surface area contributed by atoms with Crippen molar-refractivity contribution in [2.24, 2.45) is 11.8 Å². The number of ketones is 1. The summed E-state index contributed by atoms with van der Waals surface area (Å²) in [6, 6.07) is 12.1. The van der Waals surface area contributed by atoms with E-state index >= 15 is 0 Å². The van der Waals surface area contributed by atoms with E-state index in [1.54, 1.807) is 6.20 Å². The molecule has 6 rings (SSSR count). The molecule has 176 valence electrons. The van der Waals surface area contributed by atoms with Crippen molar-refractivity contribution in [3.63, 3.8) is 0 Å². The van der Waals surface area contributed by atoms with E-state index in [9.17, 15) is 10.1 Å². The molecular formula is C29H28N4O2. The number of fused-ring (bicyclic) bond motifs is 4. The standard InChI is InChI=1S/C29H28N4O2/c1-17-23-12-11-22-26(29(23,2)15-18(16-30)25(17)34)32-27(33-28(22)35-19-7-3-4-8-19)21-13-14-31-24-10-6-5-9-20(21)24/h5-6,9-10,13-15,17,19,23H,3-4,7-8,11-12H2,1-2H3/t17-,23-,29-/m1/s1. The monoisotopic (exact) mass is 464 g/mol. The van der Waals surface area contributed by atoms with Crippen LogP contribution in [0.25, 0.3) is 22.3 Å². The number of pyridine rings is 1. The lowest BCUT2D eigenvalue weighted by atomic mass is 9.58. The zero-order chi connectivity index (χ0) is 24.2. The van der Waals surface area contributed by atoms with Crippen molar-refractivity contribution >= 4 is 16.7 Å². The first kappa shape index (κ1) is 21.9. The molecule has 0 saturated heterocycles. The van der Waals surface area contributed by atoms with Gasteiger partial charge in [-0.05, 0) is 56.6 Å². The molecular weight excluding hydrogens is 436 g/mol. The van der Waals surface area contributed by atoms with E-state index in [1.807, 2.05) is 43.3 Å². The first-order valence-electron chi connectivity index (χ1n) is 12.6. The van der Waals surface area contributed by atoms with Crippen LogP contribution in [0.3, 0.4) is 0 Å². The molecule has 0 N–H and O–H groups in total. The van der Waals surface area contributed by atoms with Gasteiger partial charge < -0.3 is 4.74 Å². The van der Waals surface area contributed by atoms with E-state index in [-0.39, 0.29) is 29.3 Å². The number of nitriles is 1. The Morgan fingerprint density at radius 2 is 1.91 bits per heavy atom. The van der Waals surface area contributed by atoms with E-state index in [1.165, 1.54) is 12.8 Å². The molecule has 35 heavy (non-hydrogen) atoms. The molecule has 0 unspecified atom stereocenters. The number of aromatic nitrogens is 3. The highest BCUT2D eigenvalue weighted by atomic mass is 16.5. The number of allylic oxidation sites excluding steroid dienone is 2. The summed E-state index contributed by atoms with van der Waals surface area (Å²) in [5, 5.41) is 10.7. The number of nitrogens with zero attached hydrogens (tertiary/aromatic N) is 4. The van der Waals surface area contributed by atoms with Gasteiger partial charge in [0.1, 0.15) is 12.2 Å². The topological polar surface area (TPSA) is 88.8 Å². The molecule has 0 bridgehead atoms. The van der Waals surface area contributed by atoms with Crippen LogP contribution in [-0.4, -0.2) is 26.8 Å². The second-order valence-electron chi connectivity index (χ2n) is 10.3. The smallest absolute Gasteiger partial charge is 0.220 e. The Morgan fingerprint density at radius 1 is 1.11 bits per heavy atom. The molecule has 0 spiro atoms. The minimum Gasteiger partial charge on any atom is -0.474 e. The highest BCUT2D eigenvalue weighted by Gasteiger charge is 2.50. The molecule has 3 aromatic rings. The molecule has 0 aliphatic heterocycles. The van der Waals surface area contributed by atoms with Crippen LogP contribution in [0.5, 0.6) is 5.88 Å². The molecule has 3 aliphatic carbocycles. The SMILES string of the molecule is C[C@H]1C(=O)C(C#N)=C[C@@]2(C)c3nc(-c4ccnc5ccccc45)nc(OC4CCCC4)c3CC[C@H]12. The van der Waals surface area contributed by atoms with Gasteiger partial charge in [-0.15, -0.1) is 0 Å². The average Bonchev–Trinajstić information content (AvgIpc) is 3.39. The number of carbonyl (C=O) groups is 1. The van der Waals surface area contributed by atoms with Crippen LogP contribution >= 0.6 is 0 Å². The zero-order valence-corrected chi connectivity index (χ0v) is 20.1. The van der Waals surface area contributed by atoms with Crippen LogP contribution in [-0.2, 0) is 16.6 Å². The highest BCUT2D eigenvalue weighted by molar-refractivity contribution is 6.02. The number of ether oxygens (including phenoxy) is 1. The lowest BCUT2D eigenvalue weighted by Gasteiger charge is -2.45. The Bertz CT molecular complexity index is 1410. The summed E-state index contributed by atoms with van der Waals surface area (Å²) in [6.45, 7) is 4.08. The lowest BCUT2D eigenvalue weighted by Crippen LogP contribution is -2.46. The Labute approximate surface area is 205 Å². The molecule has 1 saturated carbocycles. The second kappa shape index (κ2) is 8.27. The molecule has 0 amide bonds. The maximum atomic E-state index is 12.8. The molecule has 6 nitrogen and oxygen atoms in total. The Balaban J connectivity index is 1.59. The van der Waals surface area contributed by atoms with Gasteiger partial charge in [0.05, 0.1) is 16.8 Å². The molecule has 0 radical (unpaired) electrons. The van der Waals surface area contributed by atoms with Gasteiger partial charge >= 0.3 is 0 Å². The predicted molar refractivity (Wildman–Crippen MR) is 133 cm³/mol. The molecule has 6 heteroatoms. The third-order valence-electron chi connectivity index (χ3n) is 8.27.